The summed E-state index contributed by atoms with van der Waals surface area (Å²) in [6, 6.07) is 6.43. The summed E-state index contributed by atoms with van der Waals surface area (Å²) in [6.07, 6.45) is 5.77. The van der Waals surface area contributed by atoms with Crippen molar-refractivity contribution in [2.75, 3.05) is 13.1 Å². The molecule has 3 rings (SSSR count). The van der Waals surface area contributed by atoms with Crippen molar-refractivity contribution in [1.29, 1.82) is 0 Å². The van der Waals surface area contributed by atoms with Crippen LogP contribution in [0.5, 0.6) is 0 Å². The van der Waals surface area contributed by atoms with Gasteiger partial charge in [-0.1, -0.05) is 18.5 Å². The normalized spacial score (nSPS) is 27.8. The first-order valence-corrected chi connectivity index (χ1v) is 11.2. The zero-order chi connectivity index (χ0) is 18.7. The van der Waals surface area contributed by atoms with Crippen LogP contribution in [0.1, 0.15) is 45.4 Å². The van der Waals surface area contributed by atoms with Crippen LogP contribution in [-0.2, 0) is 14.8 Å². The maximum atomic E-state index is 12.8. The van der Waals surface area contributed by atoms with Gasteiger partial charge in [0.1, 0.15) is 0 Å². The molecule has 1 aliphatic carbocycles. The van der Waals surface area contributed by atoms with Crippen molar-refractivity contribution in [2.45, 2.75) is 56.4 Å². The van der Waals surface area contributed by atoms with Gasteiger partial charge in [-0.2, -0.15) is 4.31 Å². The van der Waals surface area contributed by atoms with Crippen LogP contribution < -0.4 is 5.32 Å². The molecule has 0 aromatic heterocycles. The van der Waals surface area contributed by atoms with Crippen LogP contribution in [0.4, 0.5) is 0 Å². The number of rotatable bonds is 4. The Kier molecular flexibility index (Phi) is 6.25. The van der Waals surface area contributed by atoms with Gasteiger partial charge in [-0.05, 0) is 68.7 Å². The highest BCUT2D eigenvalue weighted by atomic mass is 35.5. The fourth-order valence-electron chi connectivity index (χ4n) is 3.85. The van der Waals surface area contributed by atoms with E-state index >= 15 is 0 Å². The highest BCUT2D eigenvalue weighted by molar-refractivity contribution is 7.89. The summed E-state index contributed by atoms with van der Waals surface area (Å²) in [5, 5.41) is 3.65. The van der Waals surface area contributed by atoms with E-state index < -0.39 is 10.0 Å². The summed E-state index contributed by atoms with van der Waals surface area (Å²) in [6.45, 7) is 2.95. The molecule has 1 aromatic carbocycles. The Balaban J connectivity index is 1.63. The predicted octanol–water partition coefficient (Wildman–Crippen LogP) is 3.44. The number of piperidine rings is 1. The SMILES string of the molecule is CC1CCC(NC(=O)[C@@H]2CCCN(S(=O)(=O)c3ccc(Cl)cc3)C2)CC1. The van der Waals surface area contributed by atoms with Crippen molar-refractivity contribution in [1.82, 2.24) is 9.62 Å². The summed E-state index contributed by atoms with van der Waals surface area (Å²) < 4.78 is 27.1. The number of sulfonamides is 1. The Morgan fingerprint density at radius 2 is 1.77 bits per heavy atom. The van der Waals surface area contributed by atoms with E-state index in [-0.39, 0.29) is 29.3 Å². The molecular formula is C19H27ClN2O3S. The molecule has 1 saturated carbocycles. The van der Waals surface area contributed by atoms with Crippen molar-refractivity contribution in [3.05, 3.63) is 29.3 Å². The number of halogens is 1. The maximum Gasteiger partial charge on any atom is 0.243 e. The van der Waals surface area contributed by atoms with Gasteiger partial charge in [-0.25, -0.2) is 8.42 Å². The minimum absolute atomic E-state index is 0.000518. The van der Waals surface area contributed by atoms with Gasteiger partial charge >= 0.3 is 0 Å². The second-order valence-corrected chi connectivity index (χ2v) is 10.00. The average molecular weight is 399 g/mol. The van der Waals surface area contributed by atoms with E-state index in [0.29, 0.717) is 18.0 Å². The highest BCUT2D eigenvalue weighted by Crippen LogP contribution is 2.27. The number of hydrogen-bond acceptors (Lipinski definition) is 3. The largest absolute Gasteiger partial charge is 0.353 e. The molecule has 1 heterocycles. The number of benzene rings is 1. The molecule has 1 aliphatic heterocycles. The molecular weight excluding hydrogens is 372 g/mol. The van der Waals surface area contributed by atoms with Crippen LogP contribution in [0.15, 0.2) is 29.2 Å². The molecule has 0 spiro atoms. The summed E-state index contributed by atoms with van der Waals surface area (Å²) in [7, 11) is -3.59. The van der Waals surface area contributed by atoms with E-state index in [2.05, 4.69) is 12.2 Å². The van der Waals surface area contributed by atoms with E-state index in [1.54, 1.807) is 12.1 Å². The zero-order valence-corrected chi connectivity index (χ0v) is 16.7. The lowest BCUT2D eigenvalue weighted by atomic mass is 9.87. The standard InChI is InChI=1S/C19H27ClN2O3S/c1-14-4-8-17(9-5-14)21-19(23)15-3-2-12-22(13-15)26(24,25)18-10-6-16(20)7-11-18/h6-7,10-11,14-15,17H,2-5,8-9,12-13H2,1H3,(H,21,23)/t14?,15-,17?/m1/s1. The van der Waals surface area contributed by atoms with Crippen LogP contribution in [0.2, 0.25) is 5.02 Å². The van der Waals surface area contributed by atoms with Crippen molar-refractivity contribution in [3.8, 4) is 0 Å². The molecule has 0 bridgehead atoms. The van der Waals surface area contributed by atoms with Gasteiger partial charge in [0.2, 0.25) is 15.9 Å². The summed E-state index contributed by atoms with van der Waals surface area (Å²) >= 11 is 5.85. The number of nitrogens with zero attached hydrogens (tertiary/aromatic N) is 1. The summed E-state index contributed by atoms with van der Waals surface area (Å²) in [5.74, 6) is 0.462. The first-order chi connectivity index (χ1) is 12.4. The van der Waals surface area contributed by atoms with Crippen LogP contribution in [-0.4, -0.2) is 37.8 Å². The molecule has 5 nitrogen and oxygen atoms in total. The Labute approximate surface area is 161 Å². The van der Waals surface area contributed by atoms with Crippen LogP contribution in [0.25, 0.3) is 0 Å². The molecule has 26 heavy (non-hydrogen) atoms. The minimum Gasteiger partial charge on any atom is -0.353 e. The van der Waals surface area contributed by atoms with Gasteiger partial charge in [0.15, 0.2) is 0 Å². The van der Waals surface area contributed by atoms with Crippen LogP contribution >= 0.6 is 11.6 Å². The fraction of sp³-hybridized carbons (Fsp3) is 0.632. The number of hydrogen-bond donors (Lipinski definition) is 1. The molecule has 1 saturated heterocycles. The third kappa shape index (κ3) is 4.59. The van der Waals surface area contributed by atoms with Gasteiger partial charge in [0.05, 0.1) is 10.8 Å². The lowest BCUT2D eigenvalue weighted by molar-refractivity contribution is -0.127. The number of nitrogens with one attached hydrogen (secondary N) is 1. The Morgan fingerprint density at radius 3 is 2.42 bits per heavy atom. The third-order valence-corrected chi connectivity index (χ3v) is 7.70. The fourth-order valence-corrected chi connectivity index (χ4v) is 5.50. The second-order valence-electron chi connectivity index (χ2n) is 7.62. The van der Waals surface area contributed by atoms with E-state index in [4.69, 9.17) is 11.6 Å². The molecule has 1 amide bonds. The number of carbonyl (C=O) groups excluding carboxylic acids is 1. The Hall–Kier alpha value is -1.11. The first kappa shape index (κ1) is 19.6. The minimum atomic E-state index is -3.59. The van der Waals surface area contributed by atoms with Crippen molar-refractivity contribution < 1.29 is 13.2 Å². The zero-order valence-electron chi connectivity index (χ0n) is 15.2. The molecule has 0 radical (unpaired) electrons. The van der Waals surface area contributed by atoms with Gasteiger partial charge in [0.25, 0.3) is 0 Å². The lowest BCUT2D eigenvalue weighted by Gasteiger charge is -2.33. The molecule has 1 aromatic rings. The molecule has 2 aliphatic rings. The smallest absolute Gasteiger partial charge is 0.243 e. The predicted molar refractivity (Wildman–Crippen MR) is 102 cm³/mol. The maximum absolute atomic E-state index is 12.8. The van der Waals surface area contributed by atoms with Gasteiger partial charge in [-0.15, -0.1) is 0 Å². The lowest BCUT2D eigenvalue weighted by Crippen LogP contribution is -2.48. The number of carbonyl (C=O) groups is 1. The third-order valence-electron chi connectivity index (χ3n) is 5.57. The molecule has 144 valence electrons. The van der Waals surface area contributed by atoms with Crippen molar-refractivity contribution in [2.24, 2.45) is 11.8 Å². The average Bonchev–Trinajstić information content (AvgIpc) is 2.64. The number of amides is 1. The molecule has 1 N–H and O–H groups in total. The molecule has 0 unspecified atom stereocenters. The Morgan fingerprint density at radius 1 is 1.12 bits per heavy atom. The van der Waals surface area contributed by atoms with Crippen LogP contribution in [0, 0.1) is 11.8 Å². The van der Waals surface area contributed by atoms with Crippen molar-refractivity contribution in [3.63, 3.8) is 0 Å². The van der Waals surface area contributed by atoms with Crippen LogP contribution in [0.3, 0.4) is 0 Å². The second kappa shape index (κ2) is 8.28. The van der Waals surface area contributed by atoms with E-state index in [1.807, 2.05) is 0 Å². The van der Waals surface area contributed by atoms with Gasteiger partial charge in [-0.3, -0.25) is 4.79 Å². The molecule has 7 heteroatoms. The molecule has 2 fully saturated rings. The Bertz CT molecular complexity index is 728. The van der Waals surface area contributed by atoms with E-state index in [0.717, 1.165) is 38.0 Å². The van der Waals surface area contributed by atoms with Gasteiger partial charge < -0.3 is 5.32 Å². The molecule has 1 atom stereocenters. The highest BCUT2D eigenvalue weighted by Gasteiger charge is 2.34. The van der Waals surface area contributed by atoms with E-state index in [9.17, 15) is 13.2 Å². The first-order valence-electron chi connectivity index (χ1n) is 9.42. The van der Waals surface area contributed by atoms with Gasteiger partial charge in [0, 0.05) is 24.2 Å². The monoisotopic (exact) mass is 398 g/mol. The summed E-state index contributed by atoms with van der Waals surface area (Å²) in [4.78, 5) is 12.9. The quantitative estimate of drug-likeness (QED) is 0.844. The summed E-state index contributed by atoms with van der Waals surface area (Å²) in [5.41, 5.74) is 0. The van der Waals surface area contributed by atoms with Crippen molar-refractivity contribution >= 4 is 27.5 Å². The topological polar surface area (TPSA) is 66.5 Å². The van der Waals surface area contributed by atoms with E-state index in [1.165, 1.54) is 16.4 Å².